The van der Waals surface area contributed by atoms with Crippen LogP contribution in [0.25, 0.3) is 0 Å². The largest absolute Gasteiger partial charge is 0.481 e. The van der Waals surface area contributed by atoms with Gasteiger partial charge in [0, 0.05) is 6.54 Å². The zero-order chi connectivity index (χ0) is 15.5. The van der Waals surface area contributed by atoms with Crippen LogP contribution in [-0.4, -0.2) is 23.7 Å². The van der Waals surface area contributed by atoms with Crippen molar-refractivity contribution in [1.29, 1.82) is 0 Å². The number of urea groups is 1. The number of para-hydroxylation sites is 1. The summed E-state index contributed by atoms with van der Waals surface area (Å²) in [6.45, 7) is 0.327. The molecule has 7 heteroatoms. The number of aliphatic carboxylic acids is 1. The minimum atomic E-state index is -0.842. The smallest absolute Gasteiger partial charge is 0.319 e. The summed E-state index contributed by atoms with van der Waals surface area (Å²) in [5, 5.41) is 14.9. The third-order valence-electron chi connectivity index (χ3n) is 3.77. The van der Waals surface area contributed by atoms with Crippen molar-refractivity contribution in [3.8, 4) is 0 Å². The Hall–Kier alpha value is -1.46. The van der Waals surface area contributed by atoms with E-state index in [0.717, 1.165) is 19.3 Å². The highest BCUT2D eigenvalue weighted by Crippen LogP contribution is 2.43. The molecule has 0 radical (unpaired) electrons. The molecule has 1 aliphatic carbocycles. The fraction of sp³-hybridized carbons (Fsp3) is 0.429. The van der Waals surface area contributed by atoms with Gasteiger partial charge in [-0.15, -0.1) is 0 Å². The number of nitrogens with one attached hydrogen (secondary N) is 2. The zero-order valence-electron chi connectivity index (χ0n) is 11.3. The summed E-state index contributed by atoms with van der Waals surface area (Å²) >= 11 is 11.9. The van der Waals surface area contributed by atoms with Crippen molar-refractivity contribution in [2.75, 3.05) is 11.9 Å². The molecule has 0 aliphatic heterocycles. The number of halogens is 2. The lowest BCUT2D eigenvalue weighted by Gasteiger charge is -2.40. The molecule has 1 aromatic carbocycles. The molecular weight excluding hydrogens is 315 g/mol. The van der Waals surface area contributed by atoms with E-state index in [9.17, 15) is 9.59 Å². The highest BCUT2D eigenvalue weighted by molar-refractivity contribution is 6.39. The number of carbonyl (C=O) groups is 2. The molecule has 1 saturated carbocycles. The minimum Gasteiger partial charge on any atom is -0.481 e. The van der Waals surface area contributed by atoms with Crippen molar-refractivity contribution in [2.45, 2.75) is 25.7 Å². The summed E-state index contributed by atoms with van der Waals surface area (Å²) in [5.74, 6) is -0.842. The first-order valence-electron chi connectivity index (χ1n) is 6.63. The standard InChI is InChI=1S/C14H16Cl2N2O3/c15-9-3-1-4-10(16)12(9)18-13(21)17-8-14(5-2-6-14)7-11(19)20/h1,3-4H,2,5-8H2,(H,19,20)(H2,17,18,21). The molecule has 0 spiro atoms. The Labute approximate surface area is 132 Å². The monoisotopic (exact) mass is 330 g/mol. The van der Waals surface area contributed by atoms with Gasteiger partial charge < -0.3 is 15.7 Å². The summed E-state index contributed by atoms with van der Waals surface area (Å²) in [6.07, 6.45) is 2.69. The number of amides is 2. The van der Waals surface area contributed by atoms with Crippen LogP contribution in [0.1, 0.15) is 25.7 Å². The second-order valence-corrected chi connectivity index (χ2v) is 6.14. The van der Waals surface area contributed by atoms with Crippen molar-refractivity contribution in [3.63, 3.8) is 0 Å². The van der Waals surface area contributed by atoms with Crippen LogP contribution >= 0.6 is 23.2 Å². The lowest BCUT2D eigenvalue weighted by molar-refractivity contribution is -0.141. The Morgan fingerprint density at radius 2 is 1.86 bits per heavy atom. The molecule has 1 aliphatic rings. The molecule has 2 rings (SSSR count). The topological polar surface area (TPSA) is 78.4 Å². The predicted octanol–water partition coefficient (Wildman–Crippen LogP) is 3.76. The maximum absolute atomic E-state index is 11.9. The van der Waals surface area contributed by atoms with Crippen molar-refractivity contribution in [2.24, 2.45) is 5.41 Å². The Kier molecular flexibility index (Phi) is 4.96. The minimum absolute atomic E-state index is 0.0696. The molecule has 1 aromatic rings. The number of carboxylic acid groups (broad SMARTS) is 1. The molecule has 1 fully saturated rings. The Morgan fingerprint density at radius 1 is 1.24 bits per heavy atom. The first-order valence-corrected chi connectivity index (χ1v) is 7.38. The number of rotatable bonds is 5. The van der Waals surface area contributed by atoms with Gasteiger partial charge in [0.2, 0.25) is 0 Å². The summed E-state index contributed by atoms with van der Waals surface area (Å²) in [4.78, 5) is 22.8. The van der Waals surface area contributed by atoms with E-state index in [1.807, 2.05) is 0 Å². The number of carboxylic acids is 1. The van der Waals surface area contributed by atoms with E-state index < -0.39 is 12.0 Å². The van der Waals surface area contributed by atoms with E-state index in [2.05, 4.69) is 10.6 Å². The fourth-order valence-corrected chi connectivity index (χ4v) is 2.95. The van der Waals surface area contributed by atoms with Gasteiger partial charge in [-0.05, 0) is 30.4 Å². The summed E-state index contributed by atoms with van der Waals surface area (Å²) in [7, 11) is 0. The molecule has 21 heavy (non-hydrogen) atoms. The molecule has 0 heterocycles. The average Bonchev–Trinajstić information content (AvgIpc) is 2.36. The molecule has 0 aromatic heterocycles. The number of carbonyl (C=O) groups excluding carboxylic acids is 1. The van der Waals surface area contributed by atoms with E-state index in [4.69, 9.17) is 28.3 Å². The highest BCUT2D eigenvalue weighted by atomic mass is 35.5. The van der Waals surface area contributed by atoms with E-state index in [1.165, 1.54) is 0 Å². The average molecular weight is 331 g/mol. The lowest BCUT2D eigenvalue weighted by Crippen LogP contribution is -2.44. The zero-order valence-corrected chi connectivity index (χ0v) is 12.8. The molecule has 5 nitrogen and oxygen atoms in total. The maximum atomic E-state index is 11.9. The molecule has 0 unspecified atom stereocenters. The van der Waals surface area contributed by atoms with Gasteiger partial charge in [0.05, 0.1) is 22.2 Å². The quantitative estimate of drug-likeness (QED) is 0.769. The van der Waals surface area contributed by atoms with E-state index in [1.54, 1.807) is 18.2 Å². The normalized spacial score (nSPS) is 15.9. The van der Waals surface area contributed by atoms with Gasteiger partial charge in [-0.1, -0.05) is 35.7 Å². The van der Waals surface area contributed by atoms with Crippen LogP contribution in [0.5, 0.6) is 0 Å². The van der Waals surface area contributed by atoms with Crippen molar-refractivity contribution < 1.29 is 14.7 Å². The van der Waals surface area contributed by atoms with Crippen LogP contribution in [0.15, 0.2) is 18.2 Å². The van der Waals surface area contributed by atoms with Crippen LogP contribution in [0.3, 0.4) is 0 Å². The van der Waals surface area contributed by atoms with Gasteiger partial charge in [0.1, 0.15) is 0 Å². The van der Waals surface area contributed by atoms with Crippen LogP contribution < -0.4 is 10.6 Å². The van der Waals surface area contributed by atoms with Crippen molar-refractivity contribution >= 4 is 40.9 Å². The molecule has 0 saturated heterocycles. The number of hydrogen-bond donors (Lipinski definition) is 3. The van der Waals surface area contributed by atoms with Gasteiger partial charge >= 0.3 is 12.0 Å². The Bertz CT molecular complexity index is 539. The van der Waals surface area contributed by atoms with Crippen molar-refractivity contribution in [3.05, 3.63) is 28.2 Å². The van der Waals surface area contributed by atoms with E-state index in [0.29, 0.717) is 22.3 Å². The van der Waals surface area contributed by atoms with Crippen LogP contribution in [0, 0.1) is 5.41 Å². The molecule has 0 bridgehead atoms. The Morgan fingerprint density at radius 3 is 2.33 bits per heavy atom. The maximum Gasteiger partial charge on any atom is 0.319 e. The van der Waals surface area contributed by atoms with Gasteiger partial charge in [-0.25, -0.2) is 4.79 Å². The van der Waals surface area contributed by atoms with Gasteiger partial charge in [-0.2, -0.15) is 0 Å². The van der Waals surface area contributed by atoms with Crippen LogP contribution in [0.2, 0.25) is 10.0 Å². The fourth-order valence-electron chi connectivity index (χ4n) is 2.46. The molecular formula is C14H16Cl2N2O3. The van der Waals surface area contributed by atoms with Gasteiger partial charge in [-0.3, -0.25) is 4.79 Å². The van der Waals surface area contributed by atoms with Gasteiger partial charge in [0.25, 0.3) is 0 Å². The molecule has 114 valence electrons. The third kappa shape index (κ3) is 4.02. The highest BCUT2D eigenvalue weighted by Gasteiger charge is 2.39. The summed E-state index contributed by atoms with van der Waals surface area (Å²) < 4.78 is 0. The van der Waals surface area contributed by atoms with Gasteiger partial charge in [0.15, 0.2) is 0 Å². The number of hydrogen-bond acceptors (Lipinski definition) is 2. The Balaban J connectivity index is 1.92. The molecule has 3 N–H and O–H groups in total. The van der Waals surface area contributed by atoms with Crippen LogP contribution in [0.4, 0.5) is 10.5 Å². The van der Waals surface area contributed by atoms with E-state index >= 15 is 0 Å². The first-order chi connectivity index (χ1) is 9.92. The predicted molar refractivity (Wildman–Crippen MR) is 82.0 cm³/mol. The van der Waals surface area contributed by atoms with Crippen molar-refractivity contribution in [1.82, 2.24) is 5.32 Å². The SMILES string of the molecule is O=C(O)CC1(CNC(=O)Nc2c(Cl)cccc2Cl)CCC1. The second-order valence-electron chi connectivity index (χ2n) is 5.33. The first kappa shape index (κ1) is 15.9. The summed E-state index contributed by atoms with van der Waals surface area (Å²) in [6, 6.07) is 4.49. The van der Waals surface area contributed by atoms with Crippen LogP contribution in [-0.2, 0) is 4.79 Å². The summed E-state index contributed by atoms with van der Waals surface area (Å²) in [5.41, 5.74) is 0.0206. The molecule has 0 atom stereocenters. The molecule has 2 amide bonds. The number of benzene rings is 1. The third-order valence-corrected chi connectivity index (χ3v) is 4.40. The lowest BCUT2D eigenvalue weighted by atomic mass is 9.66. The number of anilines is 1. The van der Waals surface area contributed by atoms with E-state index in [-0.39, 0.29) is 11.8 Å². The second kappa shape index (κ2) is 6.54.